The molecule has 1 aromatic heterocycles. The summed E-state index contributed by atoms with van der Waals surface area (Å²) in [4.78, 5) is 63.1. The molecule has 3 aliphatic rings. The summed E-state index contributed by atoms with van der Waals surface area (Å²) >= 11 is 0. The number of nitrogens with one attached hydrogen (secondary N) is 1. The highest BCUT2D eigenvalue weighted by Crippen LogP contribution is 2.35. The third-order valence-electron chi connectivity index (χ3n) is 10.9. The third kappa shape index (κ3) is 9.21. The van der Waals surface area contributed by atoms with Gasteiger partial charge in [0.05, 0.1) is 24.9 Å². The summed E-state index contributed by atoms with van der Waals surface area (Å²) in [6.07, 6.45) is 10.6. The van der Waals surface area contributed by atoms with E-state index in [0.29, 0.717) is 29.9 Å². The molecule has 0 radical (unpaired) electrons. The van der Waals surface area contributed by atoms with Crippen LogP contribution in [0.3, 0.4) is 0 Å². The average Bonchev–Trinajstić information content (AvgIpc) is 3.59. The number of rotatable bonds is 7. The number of carbonyl (C=O) groups excluding carboxylic acids is 4. The molecule has 0 saturated carbocycles. The van der Waals surface area contributed by atoms with Crippen molar-refractivity contribution in [3.05, 3.63) is 54.6 Å². The van der Waals surface area contributed by atoms with Gasteiger partial charge in [-0.05, 0) is 44.2 Å². The van der Waals surface area contributed by atoms with Crippen molar-refractivity contribution >= 4 is 34.5 Å². The van der Waals surface area contributed by atoms with Crippen molar-refractivity contribution < 1.29 is 28.7 Å². The first-order valence-corrected chi connectivity index (χ1v) is 19.2. The molecule has 0 spiro atoms. The van der Waals surface area contributed by atoms with Crippen LogP contribution >= 0.6 is 0 Å². The molecule has 3 aromatic rings. The van der Waals surface area contributed by atoms with Gasteiger partial charge in [0.1, 0.15) is 29.7 Å². The van der Waals surface area contributed by atoms with Crippen LogP contribution in [0.15, 0.2) is 54.6 Å². The molecule has 0 aliphatic carbocycles. The van der Waals surface area contributed by atoms with E-state index in [1.165, 1.54) is 0 Å². The van der Waals surface area contributed by atoms with Crippen LogP contribution in [0.5, 0.6) is 11.5 Å². The zero-order valence-electron chi connectivity index (χ0n) is 30.4. The Balaban J connectivity index is 1.31. The predicted molar refractivity (Wildman–Crippen MR) is 199 cm³/mol. The van der Waals surface area contributed by atoms with Crippen molar-refractivity contribution in [3.8, 4) is 22.8 Å². The van der Waals surface area contributed by atoms with Crippen LogP contribution in [-0.2, 0) is 19.2 Å². The molecular weight excluding hydrogens is 658 g/mol. The quantitative estimate of drug-likeness (QED) is 0.317. The van der Waals surface area contributed by atoms with Crippen LogP contribution in [0.2, 0.25) is 0 Å². The summed E-state index contributed by atoms with van der Waals surface area (Å²) in [5, 5.41) is 3.67. The molecule has 11 heteroatoms. The molecule has 3 aliphatic heterocycles. The van der Waals surface area contributed by atoms with E-state index in [1.54, 1.807) is 12.0 Å². The second kappa shape index (κ2) is 17.7. The van der Waals surface area contributed by atoms with E-state index in [1.807, 2.05) is 59.5 Å². The van der Waals surface area contributed by atoms with Crippen molar-refractivity contribution in [2.75, 3.05) is 26.7 Å². The topological polar surface area (TPSA) is 144 Å². The third-order valence-corrected chi connectivity index (χ3v) is 10.9. The predicted octanol–water partition coefficient (Wildman–Crippen LogP) is 5.77. The minimum Gasteiger partial charge on any atom is -0.497 e. The molecule has 2 aromatic carbocycles. The van der Waals surface area contributed by atoms with Gasteiger partial charge in [-0.2, -0.15) is 0 Å². The number of fused-ring (bicyclic) bond motifs is 2. The number of likely N-dealkylation sites (tertiary alicyclic amines) is 1. The highest BCUT2D eigenvalue weighted by molar-refractivity contribution is 5.94. The molecule has 52 heavy (non-hydrogen) atoms. The summed E-state index contributed by atoms with van der Waals surface area (Å²) in [7, 11) is 1.61. The first-order valence-electron chi connectivity index (χ1n) is 19.2. The first kappa shape index (κ1) is 37.1. The van der Waals surface area contributed by atoms with Crippen LogP contribution in [0.4, 0.5) is 0 Å². The maximum Gasteiger partial charge on any atom is 0.243 e. The minimum atomic E-state index is -0.887. The second-order valence-electron chi connectivity index (χ2n) is 14.6. The van der Waals surface area contributed by atoms with E-state index >= 15 is 0 Å². The highest BCUT2D eigenvalue weighted by atomic mass is 16.5. The summed E-state index contributed by atoms with van der Waals surface area (Å²) in [6.45, 7) is 1.60. The van der Waals surface area contributed by atoms with Crippen molar-refractivity contribution in [1.82, 2.24) is 20.1 Å². The van der Waals surface area contributed by atoms with Gasteiger partial charge in [-0.3, -0.25) is 19.2 Å². The Hall–Kier alpha value is -4.67. The first-order chi connectivity index (χ1) is 25.3. The van der Waals surface area contributed by atoms with Gasteiger partial charge in [-0.25, -0.2) is 4.98 Å². The smallest absolute Gasteiger partial charge is 0.243 e. The largest absolute Gasteiger partial charge is 0.497 e. The number of aromatic nitrogens is 1. The fraction of sp³-hybridized carbons (Fsp3) is 0.537. The van der Waals surface area contributed by atoms with E-state index in [2.05, 4.69) is 5.32 Å². The number of primary amides is 1. The molecular formula is C41H53N5O6. The van der Waals surface area contributed by atoms with Crippen LogP contribution in [0.25, 0.3) is 22.2 Å². The van der Waals surface area contributed by atoms with E-state index in [4.69, 9.17) is 20.2 Å². The fourth-order valence-electron chi connectivity index (χ4n) is 7.92. The van der Waals surface area contributed by atoms with Gasteiger partial charge < -0.3 is 30.3 Å². The molecule has 4 atom stereocenters. The standard InChI is InChI=1S/C41H53N5O6/c1-51-30-19-20-32-35(24-30)43-34(28-15-10-7-11-16-28)26-37(32)52-31-25-36-40(49)44-33(39(42)48)18-12-6-4-2-3-5-9-17-29(41(50)46(36)27-31)23-38(47)45-21-13-8-14-22-45/h7,10-11,15-16,19-20,24,26,29,31,33,36H,2-6,8-9,12-14,17-18,21-23,25,27H2,1H3,(H2,42,48)(H,44,49)/t29-,31-,33?,36+/m1/s1. The van der Waals surface area contributed by atoms with Crippen LogP contribution in [0, 0.1) is 5.92 Å². The monoisotopic (exact) mass is 711 g/mol. The highest BCUT2D eigenvalue weighted by Gasteiger charge is 2.44. The number of benzene rings is 2. The van der Waals surface area contributed by atoms with Gasteiger partial charge in [0.25, 0.3) is 0 Å². The lowest BCUT2D eigenvalue weighted by molar-refractivity contribution is -0.145. The van der Waals surface area contributed by atoms with E-state index in [9.17, 15) is 19.2 Å². The Morgan fingerprint density at radius 3 is 2.29 bits per heavy atom. The molecule has 3 saturated heterocycles. The molecule has 3 N–H and O–H groups in total. The Bertz CT molecular complexity index is 1710. The average molecular weight is 712 g/mol. The maximum atomic E-state index is 14.6. The molecule has 3 fully saturated rings. The van der Waals surface area contributed by atoms with Crippen LogP contribution in [0.1, 0.15) is 89.9 Å². The fourth-order valence-corrected chi connectivity index (χ4v) is 7.92. The van der Waals surface area contributed by atoms with E-state index in [-0.39, 0.29) is 31.2 Å². The SMILES string of the molecule is COc1ccc2c(O[C@@H]3C[C@H]4C(=O)NC(C(N)=O)CCCCCCCCC[C@H](CC(=O)N5CCCCC5)C(=O)N4C3)cc(-c3ccccc3)nc2c1. The summed E-state index contributed by atoms with van der Waals surface area (Å²) < 4.78 is 12.2. The number of hydrogen-bond donors (Lipinski definition) is 2. The normalized spacial score (nSPS) is 23.9. The molecule has 278 valence electrons. The number of hydrogen-bond acceptors (Lipinski definition) is 7. The Kier molecular flexibility index (Phi) is 12.6. The van der Waals surface area contributed by atoms with Gasteiger partial charge in [-0.15, -0.1) is 0 Å². The summed E-state index contributed by atoms with van der Waals surface area (Å²) in [5.41, 5.74) is 8.10. The maximum absolute atomic E-state index is 14.6. The van der Waals surface area contributed by atoms with Crippen molar-refractivity contribution in [2.24, 2.45) is 11.7 Å². The molecule has 11 nitrogen and oxygen atoms in total. The molecule has 0 bridgehead atoms. The van der Waals surface area contributed by atoms with Gasteiger partial charge in [0.2, 0.25) is 23.6 Å². The lowest BCUT2D eigenvalue weighted by Gasteiger charge is -2.31. The number of nitrogens with zero attached hydrogens (tertiary/aromatic N) is 3. The second-order valence-corrected chi connectivity index (χ2v) is 14.6. The zero-order valence-corrected chi connectivity index (χ0v) is 30.4. The van der Waals surface area contributed by atoms with Crippen molar-refractivity contribution in [3.63, 3.8) is 0 Å². The van der Waals surface area contributed by atoms with E-state index in [0.717, 1.165) is 93.9 Å². The van der Waals surface area contributed by atoms with Gasteiger partial charge in [-0.1, -0.05) is 75.3 Å². The molecule has 6 rings (SSSR count). The van der Waals surface area contributed by atoms with Gasteiger partial charge in [0, 0.05) is 54.9 Å². The number of pyridine rings is 1. The summed E-state index contributed by atoms with van der Waals surface area (Å²) in [6, 6.07) is 15.6. The molecule has 1 unspecified atom stereocenters. The Morgan fingerprint density at radius 2 is 1.58 bits per heavy atom. The number of amides is 4. The van der Waals surface area contributed by atoms with E-state index < -0.39 is 35.9 Å². The number of carbonyl (C=O) groups is 4. The number of ether oxygens (including phenoxy) is 2. The van der Waals surface area contributed by atoms with Gasteiger partial charge >= 0.3 is 0 Å². The molecule has 4 heterocycles. The van der Waals surface area contributed by atoms with Crippen LogP contribution < -0.4 is 20.5 Å². The minimum absolute atomic E-state index is 0.00127. The number of piperidine rings is 1. The summed E-state index contributed by atoms with van der Waals surface area (Å²) in [5.74, 6) is -0.538. The zero-order chi connectivity index (χ0) is 36.5. The lowest BCUT2D eigenvalue weighted by atomic mass is 9.93. The Labute approximate surface area is 306 Å². The van der Waals surface area contributed by atoms with Crippen molar-refractivity contribution in [2.45, 2.75) is 108 Å². The molecule has 4 amide bonds. The Morgan fingerprint density at radius 1 is 0.885 bits per heavy atom. The number of methoxy groups -OCH3 is 1. The number of nitrogens with two attached hydrogens (primary N) is 1. The van der Waals surface area contributed by atoms with Crippen LogP contribution in [-0.4, -0.2) is 83.3 Å². The van der Waals surface area contributed by atoms with Gasteiger partial charge in [0.15, 0.2) is 0 Å². The van der Waals surface area contributed by atoms with Crippen molar-refractivity contribution in [1.29, 1.82) is 0 Å². The lowest BCUT2D eigenvalue weighted by Crippen LogP contribution is -2.53.